The molecule has 95 heavy (non-hydrogen) atoms. The smallest absolute Gasteiger partial charge is 0.305 e. The normalized spacial score (nSPS) is 24.1. The van der Waals surface area contributed by atoms with E-state index in [0.717, 1.165) is 29.7 Å². The van der Waals surface area contributed by atoms with Gasteiger partial charge in [0.1, 0.15) is 72.9 Å². The minimum absolute atomic E-state index is 0.000809. The minimum atomic E-state index is -2.00. The Morgan fingerprint density at radius 1 is 0.653 bits per heavy atom. The van der Waals surface area contributed by atoms with Crippen LogP contribution in [0.5, 0.6) is 5.75 Å². The number of nitrogens with two attached hydrogens (primary N) is 3. The Kier molecular flexibility index (Phi) is 34.5. The fourth-order valence-electron chi connectivity index (χ4n) is 9.34. The minimum Gasteiger partial charge on any atom is -0.494 e. The molecular formula is C59H85N15O18S3. The molecule has 0 saturated carbocycles. The summed E-state index contributed by atoms with van der Waals surface area (Å²) in [5.74, 6) is -15.1. The highest BCUT2D eigenvalue weighted by Crippen LogP contribution is 2.26. The SMILES string of the molecule is CSCC[C@@H]1NC(=O)[C@H](CCCNC(=N)N)NC(=O)[C@@H]2CSCc3cc(cc(c3)OCCCCCCO/N=C/C(=O)N[C@@H]([C@H](C)O)C(=O)N2)CSC[C@@H](C(N)=O)NC(=O)[C@H](CC(=O)O)NC(=O)[C@H](CCC(N)=O)NC(=O)[C@H](Cc2ccccc2)NC(=O)[C@H](CC(=O)O)NC1=O. The first kappa shape index (κ1) is 78.5. The van der Waals surface area contributed by atoms with E-state index in [4.69, 9.17) is 32.2 Å². The Balaban J connectivity index is 1.91. The number of benzene rings is 2. The number of oxime groups is 1. The first-order valence-electron chi connectivity index (χ1n) is 30.3. The van der Waals surface area contributed by atoms with E-state index in [9.17, 15) is 77.6 Å². The lowest BCUT2D eigenvalue weighted by Gasteiger charge is -2.28. The summed E-state index contributed by atoms with van der Waals surface area (Å²) in [7, 11) is 0. The molecule has 0 fully saturated rings. The Labute approximate surface area is 560 Å². The van der Waals surface area contributed by atoms with Crippen LogP contribution in [0.1, 0.15) is 94.2 Å². The number of rotatable bonds is 18. The van der Waals surface area contributed by atoms with E-state index in [1.807, 2.05) is 0 Å². The van der Waals surface area contributed by atoms with E-state index < -0.39 is 169 Å². The maximum absolute atomic E-state index is 14.8. The molecule has 36 heteroatoms. The lowest BCUT2D eigenvalue weighted by molar-refractivity contribution is -0.142. The van der Waals surface area contributed by atoms with Gasteiger partial charge in [0, 0.05) is 42.4 Å². The van der Waals surface area contributed by atoms with Gasteiger partial charge < -0.3 is 95.3 Å². The van der Waals surface area contributed by atoms with Gasteiger partial charge in [-0.3, -0.25) is 67.7 Å². The maximum atomic E-state index is 14.8. The molecule has 11 amide bonds. The Morgan fingerprint density at radius 3 is 1.75 bits per heavy atom. The van der Waals surface area contributed by atoms with Crippen molar-refractivity contribution in [1.82, 2.24) is 53.2 Å². The number of guanidine groups is 1. The van der Waals surface area contributed by atoms with Gasteiger partial charge in [0.2, 0.25) is 59.1 Å². The van der Waals surface area contributed by atoms with E-state index in [1.165, 1.54) is 18.7 Å². The van der Waals surface area contributed by atoms with Crippen molar-refractivity contribution in [3.05, 3.63) is 65.2 Å². The molecule has 0 aliphatic carbocycles. The highest BCUT2D eigenvalue weighted by Gasteiger charge is 2.37. The number of nitrogens with one attached hydrogen (secondary N) is 11. The molecular weight excluding hydrogens is 1300 g/mol. The zero-order chi connectivity index (χ0) is 70.0. The summed E-state index contributed by atoms with van der Waals surface area (Å²) in [6, 6.07) is -2.11. The maximum Gasteiger partial charge on any atom is 0.305 e. The Morgan fingerprint density at radius 2 is 1.18 bits per heavy atom. The molecule has 2 heterocycles. The summed E-state index contributed by atoms with van der Waals surface area (Å²) in [5, 5.41) is 66.7. The molecule has 0 radical (unpaired) electrons. The number of ether oxygens (including phenoxy) is 1. The molecule has 20 N–H and O–H groups in total. The molecule has 0 aromatic heterocycles. The summed E-state index contributed by atoms with van der Waals surface area (Å²) >= 11 is 3.47. The number of carbonyl (C=O) groups excluding carboxylic acids is 11. The van der Waals surface area contributed by atoms with Crippen molar-refractivity contribution in [3.8, 4) is 5.75 Å². The monoisotopic (exact) mass is 1390 g/mol. The molecule has 2 aromatic rings. The number of carboxylic acid groups (broad SMARTS) is 2. The first-order valence-corrected chi connectivity index (χ1v) is 34.0. The number of primary amides is 2. The van der Waals surface area contributed by atoms with Gasteiger partial charge in [-0.25, -0.2) is 0 Å². The van der Waals surface area contributed by atoms with Crippen LogP contribution in [0.2, 0.25) is 0 Å². The lowest BCUT2D eigenvalue weighted by Crippen LogP contribution is -2.61. The van der Waals surface area contributed by atoms with E-state index >= 15 is 0 Å². The van der Waals surface area contributed by atoms with Gasteiger partial charge in [0.25, 0.3) is 5.91 Å². The topological polar surface area (TPSA) is 536 Å². The van der Waals surface area contributed by atoms with Crippen LogP contribution in [-0.2, 0) is 85.1 Å². The van der Waals surface area contributed by atoms with E-state index in [2.05, 4.69) is 58.3 Å². The molecule has 4 bridgehead atoms. The van der Waals surface area contributed by atoms with Crippen LogP contribution in [0, 0.1) is 5.41 Å². The third-order valence-electron chi connectivity index (χ3n) is 14.2. The third-order valence-corrected chi connectivity index (χ3v) is 17.1. The van der Waals surface area contributed by atoms with Crippen LogP contribution >= 0.6 is 35.3 Å². The Hall–Kier alpha value is -8.90. The van der Waals surface area contributed by atoms with Crippen LogP contribution in [0.15, 0.2) is 53.7 Å². The van der Waals surface area contributed by atoms with Crippen molar-refractivity contribution in [1.29, 1.82) is 5.41 Å². The number of hydrogen-bond donors (Lipinski definition) is 17. The zero-order valence-electron chi connectivity index (χ0n) is 52.5. The van der Waals surface area contributed by atoms with Crippen LogP contribution in [0.4, 0.5) is 0 Å². The number of amides is 11. The van der Waals surface area contributed by atoms with Crippen molar-refractivity contribution >= 4 is 124 Å². The number of carboxylic acids is 2. The molecule has 0 saturated heterocycles. The highest BCUT2D eigenvalue weighted by molar-refractivity contribution is 7.99. The van der Waals surface area contributed by atoms with Crippen molar-refractivity contribution in [2.45, 2.75) is 156 Å². The summed E-state index contributed by atoms with van der Waals surface area (Å²) in [5.41, 5.74) is 18.4. The van der Waals surface area contributed by atoms with Crippen LogP contribution in [0.3, 0.4) is 0 Å². The van der Waals surface area contributed by atoms with Crippen LogP contribution < -0.4 is 75.1 Å². The largest absolute Gasteiger partial charge is 0.494 e. The molecule has 2 aliphatic heterocycles. The molecule has 10 atom stereocenters. The second-order valence-electron chi connectivity index (χ2n) is 22.1. The van der Waals surface area contributed by atoms with Gasteiger partial charge in [-0.1, -0.05) is 41.6 Å². The van der Waals surface area contributed by atoms with Gasteiger partial charge >= 0.3 is 11.9 Å². The number of thioether (sulfide) groups is 3. The predicted molar refractivity (Wildman–Crippen MR) is 351 cm³/mol. The second kappa shape index (κ2) is 41.7. The van der Waals surface area contributed by atoms with Crippen molar-refractivity contribution in [2.24, 2.45) is 22.4 Å². The van der Waals surface area contributed by atoms with Crippen LogP contribution in [0.25, 0.3) is 0 Å². The van der Waals surface area contributed by atoms with Crippen molar-refractivity contribution < 1.29 is 87.2 Å². The number of fused-ring (bicyclic) bond motifs is 5. The number of aliphatic hydroxyl groups excluding tert-OH is 1. The third kappa shape index (κ3) is 29.9. The quantitative estimate of drug-likeness (QED) is 0.0398. The van der Waals surface area contributed by atoms with Gasteiger partial charge in [-0.15, -0.1) is 0 Å². The molecule has 33 nitrogen and oxygen atoms in total. The molecule has 4 rings (SSSR count). The number of aliphatic carboxylic acids is 2. The zero-order valence-corrected chi connectivity index (χ0v) is 54.9. The first-order chi connectivity index (χ1) is 45.2. The highest BCUT2D eigenvalue weighted by atomic mass is 32.2. The fourth-order valence-corrected chi connectivity index (χ4v) is 11.8. The van der Waals surface area contributed by atoms with E-state index in [1.54, 1.807) is 54.8 Å². The molecule has 0 unspecified atom stereocenters. The molecule has 2 aromatic carbocycles. The number of carbonyl (C=O) groups is 13. The second-order valence-corrected chi connectivity index (χ2v) is 25.2. The molecule has 522 valence electrons. The van der Waals surface area contributed by atoms with Gasteiger partial charge in [-0.2, -0.15) is 35.3 Å². The van der Waals surface area contributed by atoms with Gasteiger partial charge in [-0.05, 0) is 99.1 Å². The molecule has 2 aliphatic rings. The summed E-state index contributed by atoms with van der Waals surface area (Å²) < 4.78 is 6.20. The predicted octanol–water partition coefficient (Wildman–Crippen LogP) is -3.17. The van der Waals surface area contributed by atoms with Crippen molar-refractivity contribution in [2.75, 3.05) is 43.3 Å². The number of hydrogen-bond acceptors (Lipinski definition) is 21. The Bertz CT molecular complexity index is 3040. The lowest BCUT2D eigenvalue weighted by atomic mass is 10.0. The molecule has 0 spiro atoms. The average Bonchev–Trinajstić information content (AvgIpc) is 0.951. The van der Waals surface area contributed by atoms with E-state index in [-0.39, 0.29) is 74.2 Å². The summed E-state index contributed by atoms with van der Waals surface area (Å²) in [6.07, 6.45) is -0.530. The number of nitrogens with zero attached hydrogens (tertiary/aromatic N) is 1. The van der Waals surface area contributed by atoms with Crippen molar-refractivity contribution in [3.63, 3.8) is 0 Å². The van der Waals surface area contributed by atoms with E-state index in [0.29, 0.717) is 48.1 Å². The van der Waals surface area contributed by atoms with Gasteiger partial charge in [0.05, 0.1) is 25.6 Å². The summed E-state index contributed by atoms with van der Waals surface area (Å²) in [6.45, 7) is 1.61. The average molecular weight is 1390 g/mol. The summed E-state index contributed by atoms with van der Waals surface area (Å²) in [4.78, 5) is 183. The standard InChI is InChI=1S/C59H85N15O18S3/c1-32(75)49-58(90)73-44-31-95-29-35-21-34(22-36(23-35)91-18-8-3-4-9-19-92-65-27-46(77)74-49)28-94-30-43(50(61)82)72-56(88)42(26-48(80)81)70-52(84)38(14-15-45(60)76)67-54(86)40(24-33-11-6-5-7-12-33)69-55(87)41(25-47(78)79)71-53(85)39(16-20-93-2)68-51(83)37(66-57(44)89)13-10-17-64-59(62)63/h5-7,11-12,21-23,27,32,37-44,49,75H,3-4,8-10,13-20,24-26,28-31H2,1-2H3,(H2,60,76)(H2,61,82)(H,66,89)(H,67,86)(H,68,83)(H,69,87)(H,70,84)(H,71,85)(H,72,88)(H,73,90)(H,74,77)(H,78,79)(H,80,81)(H4,62,63,64)/b65-27+/t32-,37-,38-,39-,40-,41-,42-,43-,44-,49-/m0/s1. The van der Waals surface area contributed by atoms with Gasteiger partial charge in [0.15, 0.2) is 5.96 Å². The van der Waals surface area contributed by atoms with Crippen LogP contribution in [-0.4, -0.2) is 208 Å². The fraction of sp³-hybridized carbons (Fsp3) is 0.542. The number of aliphatic hydroxyl groups is 1.